The second-order valence-electron chi connectivity index (χ2n) is 4.81. The lowest BCUT2D eigenvalue weighted by atomic mass is 9.95. The number of anilines is 1. The number of nitrogens with zero attached hydrogens (tertiary/aromatic N) is 2. The van der Waals surface area contributed by atoms with Crippen LogP contribution in [0.25, 0.3) is 0 Å². The van der Waals surface area contributed by atoms with Gasteiger partial charge in [0.25, 0.3) is 0 Å². The lowest BCUT2D eigenvalue weighted by Gasteiger charge is -2.21. The van der Waals surface area contributed by atoms with Gasteiger partial charge in [-0.05, 0) is 19.3 Å². The van der Waals surface area contributed by atoms with Crippen molar-refractivity contribution in [1.82, 2.24) is 15.3 Å². The Kier molecular flexibility index (Phi) is 2.87. The number of hydrogen-bond donors (Lipinski definition) is 2. The molecule has 1 aromatic rings. The summed E-state index contributed by atoms with van der Waals surface area (Å²) >= 11 is 0. The summed E-state index contributed by atoms with van der Waals surface area (Å²) in [5, 5.41) is 6.92. The van der Waals surface area contributed by atoms with Gasteiger partial charge in [-0.25, -0.2) is 14.8 Å². The SMILES string of the molecule is COC(=O)c1cnc(N[C@@H]2C[C@H]3CC[C@@H]2N3)cn1. The summed E-state index contributed by atoms with van der Waals surface area (Å²) in [6, 6.07) is 1.61. The fourth-order valence-electron chi connectivity index (χ4n) is 2.79. The summed E-state index contributed by atoms with van der Waals surface area (Å²) in [5.74, 6) is 0.248. The number of carbonyl (C=O) groups excluding carboxylic acids is 1. The molecule has 96 valence electrons. The summed E-state index contributed by atoms with van der Waals surface area (Å²) in [7, 11) is 1.33. The Morgan fingerprint density at radius 2 is 2.33 bits per heavy atom. The molecule has 3 rings (SSSR count). The Labute approximate surface area is 105 Å². The Morgan fingerprint density at radius 3 is 2.89 bits per heavy atom. The number of fused-ring (bicyclic) bond motifs is 2. The highest BCUT2D eigenvalue weighted by molar-refractivity contribution is 5.86. The van der Waals surface area contributed by atoms with Crippen molar-refractivity contribution in [2.75, 3.05) is 12.4 Å². The van der Waals surface area contributed by atoms with E-state index in [9.17, 15) is 4.79 Å². The smallest absolute Gasteiger partial charge is 0.358 e. The van der Waals surface area contributed by atoms with Crippen LogP contribution in [0.5, 0.6) is 0 Å². The Bertz CT molecular complexity index is 448. The first-order chi connectivity index (χ1) is 8.76. The highest BCUT2D eigenvalue weighted by Gasteiger charge is 2.39. The molecule has 3 heterocycles. The maximum atomic E-state index is 11.2. The molecule has 0 unspecified atom stereocenters. The Balaban J connectivity index is 1.65. The van der Waals surface area contributed by atoms with Gasteiger partial charge in [-0.1, -0.05) is 0 Å². The first kappa shape index (κ1) is 11.4. The summed E-state index contributed by atoms with van der Waals surface area (Å²) in [5.41, 5.74) is 0.231. The second-order valence-corrected chi connectivity index (χ2v) is 4.81. The largest absolute Gasteiger partial charge is 0.464 e. The molecule has 1 aromatic heterocycles. The minimum absolute atomic E-state index is 0.231. The molecule has 2 N–H and O–H groups in total. The first-order valence-electron chi connectivity index (χ1n) is 6.19. The van der Waals surface area contributed by atoms with E-state index in [0.29, 0.717) is 23.9 Å². The summed E-state index contributed by atoms with van der Waals surface area (Å²) in [4.78, 5) is 19.4. The Morgan fingerprint density at radius 1 is 1.44 bits per heavy atom. The van der Waals surface area contributed by atoms with E-state index >= 15 is 0 Å². The molecular formula is C12H16N4O2. The molecule has 0 aromatic carbocycles. The molecule has 0 amide bonds. The van der Waals surface area contributed by atoms with Crippen molar-refractivity contribution in [3.63, 3.8) is 0 Å². The van der Waals surface area contributed by atoms with E-state index in [0.717, 1.165) is 6.42 Å². The second kappa shape index (κ2) is 4.53. The molecule has 0 spiro atoms. The normalized spacial score (nSPS) is 29.3. The molecule has 6 nitrogen and oxygen atoms in total. The quantitative estimate of drug-likeness (QED) is 0.762. The van der Waals surface area contributed by atoms with Crippen LogP contribution in [-0.2, 0) is 4.74 Å². The van der Waals surface area contributed by atoms with Gasteiger partial charge in [0.05, 0.1) is 19.5 Å². The molecule has 18 heavy (non-hydrogen) atoms. The van der Waals surface area contributed by atoms with Crippen molar-refractivity contribution < 1.29 is 9.53 Å². The van der Waals surface area contributed by atoms with E-state index in [4.69, 9.17) is 0 Å². The zero-order valence-electron chi connectivity index (χ0n) is 10.2. The van der Waals surface area contributed by atoms with Crippen LogP contribution in [0.3, 0.4) is 0 Å². The van der Waals surface area contributed by atoms with Gasteiger partial charge in [0.2, 0.25) is 0 Å². The van der Waals surface area contributed by atoms with E-state index in [1.165, 1.54) is 26.1 Å². The zero-order valence-corrected chi connectivity index (χ0v) is 10.2. The van der Waals surface area contributed by atoms with Gasteiger partial charge in [0.15, 0.2) is 5.69 Å². The highest BCUT2D eigenvalue weighted by Crippen LogP contribution is 2.29. The van der Waals surface area contributed by atoms with Crippen LogP contribution >= 0.6 is 0 Å². The number of esters is 1. The molecule has 2 fully saturated rings. The van der Waals surface area contributed by atoms with Crippen LogP contribution in [0.2, 0.25) is 0 Å². The van der Waals surface area contributed by atoms with Crippen LogP contribution in [-0.4, -0.2) is 41.2 Å². The lowest BCUT2D eigenvalue weighted by Crippen LogP contribution is -2.33. The maximum Gasteiger partial charge on any atom is 0.358 e. The number of rotatable bonds is 3. The minimum atomic E-state index is -0.462. The zero-order chi connectivity index (χ0) is 12.5. The third-order valence-electron chi connectivity index (χ3n) is 3.68. The lowest BCUT2D eigenvalue weighted by molar-refractivity contribution is 0.0593. The Hall–Kier alpha value is -1.69. The van der Waals surface area contributed by atoms with Gasteiger partial charge < -0.3 is 15.4 Å². The third-order valence-corrected chi connectivity index (χ3v) is 3.68. The van der Waals surface area contributed by atoms with Crippen LogP contribution in [0.15, 0.2) is 12.4 Å². The number of aromatic nitrogens is 2. The third kappa shape index (κ3) is 2.03. The van der Waals surface area contributed by atoms with Crippen molar-refractivity contribution in [2.24, 2.45) is 0 Å². The first-order valence-corrected chi connectivity index (χ1v) is 6.19. The molecule has 2 saturated heterocycles. The molecule has 2 aliphatic rings. The van der Waals surface area contributed by atoms with Gasteiger partial charge >= 0.3 is 5.97 Å². The molecule has 0 radical (unpaired) electrons. The van der Waals surface area contributed by atoms with Crippen molar-refractivity contribution >= 4 is 11.8 Å². The molecule has 2 aliphatic heterocycles. The van der Waals surface area contributed by atoms with E-state index in [-0.39, 0.29) is 5.69 Å². The van der Waals surface area contributed by atoms with E-state index in [1.54, 1.807) is 6.20 Å². The highest BCUT2D eigenvalue weighted by atomic mass is 16.5. The molecule has 0 saturated carbocycles. The van der Waals surface area contributed by atoms with E-state index in [1.807, 2.05) is 0 Å². The average Bonchev–Trinajstić information content (AvgIpc) is 3.01. The van der Waals surface area contributed by atoms with Gasteiger partial charge in [-0.3, -0.25) is 0 Å². The number of carbonyl (C=O) groups is 1. The van der Waals surface area contributed by atoms with Gasteiger partial charge in [-0.2, -0.15) is 0 Å². The van der Waals surface area contributed by atoms with Crippen molar-refractivity contribution in [1.29, 1.82) is 0 Å². The number of methoxy groups -OCH3 is 1. The summed E-state index contributed by atoms with van der Waals surface area (Å²) < 4.78 is 4.58. The molecule has 2 bridgehead atoms. The van der Waals surface area contributed by atoms with Crippen molar-refractivity contribution in [3.8, 4) is 0 Å². The van der Waals surface area contributed by atoms with Crippen LogP contribution in [0.4, 0.5) is 5.82 Å². The number of nitrogens with one attached hydrogen (secondary N) is 2. The van der Waals surface area contributed by atoms with Crippen molar-refractivity contribution in [3.05, 3.63) is 18.1 Å². The van der Waals surface area contributed by atoms with E-state index < -0.39 is 5.97 Å². The van der Waals surface area contributed by atoms with Gasteiger partial charge in [-0.15, -0.1) is 0 Å². The van der Waals surface area contributed by atoms with Gasteiger partial charge in [0, 0.05) is 18.1 Å². The van der Waals surface area contributed by atoms with Crippen LogP contribution < -0.4 is 10.6 Å². The van der Waals surface area contributed by atoms with Crippen molar-refractivity contribution in [2.45, 2.75) is 37.4 Å². The number of ether oxygens (including phenoxy) is 1. The number of hydrogen-bond acceptors (Lipinski definition) is 6. The predicted molar refractivity (Wildman–Crippen MR) is 65.3 cm³/mol. The topological polar surface area (TPSA) is 76.1 Å². The fourth-order valence-corrected chi connectivity index (χ4v) is 2.79. The minimum Gasteiger partial charge on any atom is -0.464 e. The summed E-state index contributed by atoms with van der Waals surface area (Å²) in [6.07, 6.45) is 6.64. The standard InChI is InChI=1S/C12H16N4O2/c1-18-12(17)10-5-14-11(6-13-10)16-9-4-7-2-3-8(9)15-7/h5-9,15H,2-4H2,1H3,(H,14,16)/t7-,8+,9-/m1/s1. The molecular weight excluding hydrogens is 232 g/mol. The molecule has 3 atom stereocenters. The van der Waals surface area contributed by atoms with Gasteiger partial charge in [0.1, 0.15) is 5.82 Å². The maximum absolute atomic E-state index is 11.2. The molecule has 6 heteroatoms. The van der Waals surface area contributed by atoms with Crippen LogP contribution in [0, 0.1) is 0 Å². The predicted octanol–water partition coefficient (Wildman–Crippen LogP) is 0.568. The van der Waals surface area contributed by atoms with Crippen LogP contribution in [0.1, 0.15) is 29.8 Å². The average molecular weight is 248 g/mol. The monoisotopic (exact) mass is 248 g/mol. The molecule has 0 aliphatic carbocycles. The van der Waals surface area contributed by atoms with E-state index in [2.05, 4.69) is 25.3 Å². The fraction of sp³-hybridized carbons (Fsp3) is 0.583. The summed E-state index contributed by atoms with van der Waals surface area (Å²) in [6.45, 7) is 0.